The van der Waals surface area contributed by atoms with Crippen LogP contribution in [0.5, 0.6) is 0 Å². The number of benzene rings is 1. The van der Waals surface area contributed by atoms with E-state index in [1.165, 1.54) is 4.31 Å². The molecule has 0 atom stereocenters. The summed E-state index contributed by atoms with van der Waals surface area (Å²) in [7, 11) is -3.40. The van der Waals surface area contributed by atoms with Crippen molar-refractivity contribution in [1.82, 2.24) is 9.03 Å². The van der Waals surface area contributed by atoms with Crippen LogP contribution in [0.1, 0.15) is 25.3 Å². The number of hydrogen-bond acceptors (Lipinski definition) is 3. The van der Waals surface area contributed by atoms with E-state index in [4.69, 9.17) is 5.73 Å². The molecular weight excluding hydrogens is 250 g/mol. The van der Waals surface area contributed by atoms with Crippen LogP contribution in [-0.4, -0.2) is 25.3 Å². The van der Waals surface area contributed by atoms with Crippen LogP contribution in [-0.2, 0) is 16.8 Å². The molecule has 3 N–H and O–H groups in total. The van der Waals surface area contributed by atoms with Gasteiger partial charge in [0, 0.05) is 24.8 Å². The average molecular weight is 269 g/mol. The second-order valence-corrected chi connectivity index (χ2v) is 6.19. The minimum atomic E-state index is -3.40. The molecule has 0 spiro atoms. The molecule has 0 amide bonds. The maximum Gasteiger partial charge on any atom is 0.279 e. The van der Waals surface area contributed by atoms with Crippen molar-refractivity contribution in [3.05, 3.63) is 29.8 Å². The van der Waals surface area contributed by atoms with Crippen LogP contribution in [0.3, 0.4) is 0 Å². The van der Waals surface area contributed by atoms with Gasteiger partial charge in [0.2, 0.25) is 0 Å². The van der Waals surface area contributed by atoms with Crippen molar-refractivity contribution in [1.29, 1.82) is 0 Å². The van der Waals surface area contributed by atoms with Crippen LogP contribution in [0.25, 0.3) is 0 Å². The minimum absolute atomic E-state index is 0.119. The van der Waals surface area contributed by atoms with Crippen LogP contribution in [0.2, 0.25) is 0 Å². The fourth-order valence-electron chi connectivity index (χ4n) is 1.88. The summed E-state index contributed by atoms with van der Waals surface area (Å²) in [5.41, 5.74) is 7.35. The lowest BCUT2D eigenvalue weighted by molar-refractivity contribution is 0.392. The quantitative estimate of drug-likeness (QED) is 0.759. The Balaban J connectivity index is 2.20. The van der Waals surface area contributed by atoms with E-state index in [0.717, 1.165) is 18.4 Å². The monoisotopic (exact) mass is 269 g/mol. The molecule has 1 aliphatic carbocycles. The van der Waals surface area contributed by atoms with E-state index in [1.54, 1.807) is 13.0 Å². The van der Waals surface area contributed by atoms with Gasteiger partial charge >= 0.3 is 0 Å². The van der Waals surface area contributed by atoms with Crippen LogP contribution in [0.15, 0.2) is 24.3 Å². The molecule has 1 aromatic rings. The normalized spacial score (nSPS) is 16.1. The first-order valence-corrected chi connectivity index (χ1v) is 7.58. The second kappa shape index (κ2) is 5.26. The first-order valence-electron chi connectivity index (χ1n) is 6.14. The number of para-hydroxylation sites is 1. The molecule has 0 saturated heterocycles. The van der Waals surface area contributed by atoms with Crippen molar-refractivity contribution in [2.45, 2.75) is 32.4 Å². The van der Waals surface area contributed by atoms with Gasteiger partial charge in [-0.3, -0.25) is 0 Å². The van der Waals surface area contributed by atoms with E-state index < -0.39 is 10.2 Å². The van der Waals surface area contributed by atoms with Crippen molar-refractivity contribution < 1.29 is 8.42 Å². The molecule has 18 heavy (non-hydrogen) atoms. The summed E-state index contributed by atoms with van der Waals surface area (Å²) >= 11 is 0. The van der Waals surface area contributed by atoms with Crippen molar-refractivity contribution >= 4 is 15.9 Å². The molecule has 0 aromatic heterocycles. The van der Waals surface area contributed by atoms with Gasteiger partial charge in [0.25, 0.3) is 10.2 Å². The highest BCUT2D eigenvalue weighted by Gasteiger charge is 2.37. The highest BCUT2D eigenvalue weighted by Crippen LogP contribution is 2.31. The summed E-state index contributed by atoms with van der Waals surface area (Å²) in [6.45, 7) is 2.52. The molecular formula is C12H19N3O2S. The van der Waals surface area contributed by atoms with Gasteiger partial charge in [0.05, 0.1) is 0 Å². The molecule has 0 heterocycles. The van der Waals surface area contributed by atoms with E-state index in [9.17, 15) is 8.42 Å². The summed E-state index contributed by atoms with van der Waals surface area (Å²) in [4.78, 5) is 0. The zero-order valence-corrected chi connectivity index (χ0v) is 11.3. The average Bonchev–Trinajstić information content (AvgIpc) is 3.11. The molecule has 1 aliphatic rings. The summed E-state index contributed by atoms with van der Waals surface area (Å²) in [6.07, 6.45) is 1.86. The number of nitrogen functional groups attached to an aromatic ring is 1. The standard InChI is InChI=1S/C12H19N3O2S/c1-2-14-18(16,17)15(11-7-8-11)9-10-5-3-4-6-12(10)13/h3-6,11,14H,2,7-9,13H2,1H3. The van der Waals surface area contributed by atoms with Gasteiger partial charge in [-0.15, -0.1) is 0 Å². The third-order valence-corrected chi connectivity index (χ3v) is 4.67. The summed E-state index contributed by atoms with van der Waals surface area (Å²) in [5, 5.41) is 0. The summed E-state index contributed by atoms with van der Waals surface area (Å²) in [6, 6.07) is 7.50. The van der Waals surface area contributed by atoms with Crippen LogP contribution < -0.4 is 10.5 Å². The molecule has 1 saturated carbocycles. The van der Waals surface area contributed by atoms with Gasteiger partial charge in [0.15, 0.2) is 0 Å². The Morgan fingerprint density at radius 3 is 2.61 bits per heavy atom. The lowest BCUT2D eigenvalue weighted by atomic mass is 10.2. The molecule has 0 radical (unpaired) electrons. The minimum Gasteiger partial charge on any atom is -0.398 e. The molecule has 1 aromatic carbocycles. The SMILES string of the molecule is CCNS(=O)(=O)N(Cc1ccccc1N)C1CC1. The smallest absolute Gasteiger partial charge is 0.279 e. The maximum atomic E-state index is 12.1. The van der Waals surface area contributed by atoms with Gasteiger partial charge in [0.1, 0.15) is 0 Å². The predicted molar refractivity (Wildman–Crippen MR) is 72.0 cm³/mol. The van der Waals surface area contributed by atoms with Crippen LogP contribution in [0.4, 0.5) is 5.69 Å². The first kappa shape index (κ1) is 13.3. The number of rotatable bonds is 6. The van der Waals surface area contributed by atoms with Crippen LogP contribution >= 0.6 is 0 Å². The highest BCUT2D eigenvalue weighted by molar-refractivity contribution is 7.87. The van der Waals surface area contributed by atoms with Gasteiger partial charge in [-0.1, -0.05) is 25.1 Å². The lowest BCUT2D eigenvalue weighted by Crippen LogP contribution is -2.41. The molecule has 1 fully saturated rings. The number of anilines is 1. The molecule has 0 unspecified atom stereocenters. The summed E-state index contributed by atoms with van der Waals surface area (Å²) < 4.78 is 28.3. The fourth-order valence-corrected chi connectivity index (χ4v) is 3.33. The largest absolute Gasteiger partial charge is 0.398 e. The highest BCUT2D eigenvalue weighted by atomic mass is 32.2. The fraction of sp³-hybridized carbons (Fsp3) is 0.500. The van der Waals surface area contributed by atoms with Gasteiger partial charge in [-0.05, 0) is 24.5 Å². The van der Waals surface area contributed by atoms with Crippen molar-refractivity contribution in [2.24, 2.45) is 0 Å². The van der Waals surface area contributed by atoms with E-state index >= 15 is 0 Å². The van der Waals surface area contributed by atoms with E-state index in [2.05, 4.69) is 4.72 Å². The second-order valence-electron chi connectivity index (χ2n) is 4.48. The summed E-state index contributed by atoms with van der Waals surface area (Å²) in [5.74, 6) is 0. The number of hydrogen-bond donors (Lipinski definition) is 2. The number of nitrogens with zero attached hydrogens (tertiary/aromatic N) is 1. The van der Waals surface area contributed by atoms with Gasteiger partial charge in [-0.2, -0.15) is 12.7 Å². The first-order chi connectivity index (χ1) is 8.54. The lowest BCUT2D eigenvalue weighted by Gasteiger charge is -2.22. The number of nitrogens with one attached hydrogen (secondary N) is 1. The third kappa shape index (κ3) is 3.01. The Morgan fingerprint density at radius 2 is 2.06 bits per heavy atom. The Kier molecular flexibility index (Phi) is 3.89. The molecule has 6 heteroatoms. The van der Waals surface area contributed by atoms with Crippen molar-refractivity contribution in [3.8, 4) is 0 Å². The van der Waals surface area contributed by atoms with Gasteiger partial charge in [-0.25, -0.2) is 4.72 Å². The zero-order valence-electron chi connectivity index (χ0n) is 10.5. The Labute approximate surface area is 108 Å². The third-order valence-electron chi connectivity index (χ3n) is 2.97. The number of nitrogens with two attached hydrogens (primary N) is 1. The van der Waals surface area contributed by atoms with E-state index in [0.29, 0.717) is 18.8 Å². The molecule has 0 bridgehead atoms. The molecule has 5 nitrogen and oxygen atoms in total. The Hall–Kier alpha value is -1.11. The zero-order chi connectivity index (χ0) is 13.2. The maximum absolute atomic E-state index is 12.1. The molecule has 0 aliphatic heterocycles. The van der Waals surface area contributed by atoms with Gasteiger partial charge < -0.3 is 5.73 Å². The topological polar surface area (TPSA) is 75.4 Å². The molecule has 2 rings (SSSR count). The Bertz CT molecular complexity index is 512. The molecule has 100 valence electrons. The Morgan fingerprint density at radius 1 is 1.39 bits per heavy atom. The van der Waals surface area contributed by atoms with E-state index in [-0.39, 0.29) is 6.04 Å². The van der Waals surface area contributed by atoms with Crippen molar-refractivity contribution in [2.75, 3.05) is 12.3 Å². The van der Waals surface area contributed by atoms with Crippen LogP contribution in [0, 0.1) is 0 Å². The van der Waals surface area contributed by atoms with Crippen molar-refractivity contribution in [3.63, 3.8) is 0 Å². The van der Waals surface area contributed by atoms with E-state index in [1.807, 2.05) is 18.2 Å². The predicted octanol–water partition coefficient (Wildman–Crippen LogP) is 1.09.